The van der Waals surface area contributed by atoms with Crippen molar-refractivity contribution in [2.45, 2.75) is 37.5 Å². The van der Waals surface area contributed by atoms with Gasteiger partial charge in [0, 0.05) is 11.8 Å². The Morgan fingerprint density at radius 2 is 2.06 bits per heavy atom. The second-order valence-electron chi connectivity index (χ2n) is 4.63. The Labute approximate surface area is 110 Å². The molecule has 0 fully saturated rings. The summed E-state index contributed by atoms with van der Waals surface area (Å²) < 4.78 is 15.8. The average Bonchev–Trinajstić information content (AvgIpc) is 2.27. The molecule has 0 aliphatic carbocycles. The standard InChI is InChI=1S/C12H18N2OS2/c1-9(14-17(15)12(2,3)4)10-6-7-11(16-5)13-8-10/h6-8H,1-5H3/b14-9+. The number of rotatable bonds is 3. The summed E-state index contributed by atoms with van der Waals surface area (Å²) in [4.78, 5) is 4.27. The van der Waals surface area contributed by atoms with Gasteiger partial charge in [-0.25, -0.2) is 9.19 Å². The van der Waals surface area contributed by atoms with Crippen LogP contribution in [0.25, 0.3) is 0 Å². The average molecular weight is 270 g/mol. The molecule has 0 N–H and O–H groups in total. The van der Waals surface area contributed by atoms with Gasteiger partial charge < -0.3 is 0 Å². The fourth-order valence-corrected chi connectivity index (χ4v) is 2.02. The molecule has 0 aliphatic rings. The Morgan fingerprint density at radius 1 is 1.41 bits per heavy atom. The third-order valence-electron chi connectivity index (χ3n) is 2.11. The lowest BCUT2D eigenvalue weighted by molar-refractivity contribution is 0.650. The minimum Gasteiger partial charge on any atom is -0.249 e. The van der Waals surface area contributed by atoms with Crippen LogP contribution in [0.3, 0.4) is 0 Å². The number of pyridine rings is 1. The summed E-state index contributed by atoms with van der Waals surface area (Å²) in [5.41, 5.74) is 1.68. The Morgan fingerprint density at radius 3 is 2.47 bits per heavy atom. The van der Waals surface area contributed by atoms with E-state index in [1.165, 1.54) is 0 Å². The van der Waals surface area contributed by atoms with Gasteiger partial charge in [0.1, 0.15) is 11.0 Å². The van der Waals surface area contributed by atoms with Gasteiger partial charge in [0.05, 0.1) is 15.5 Å². The summed E-state index contributed by atoms with van der Waals surface area (Å²) in [6.07, 6.45) is 3.75. The van der Waals surface area contributed by atoms with Gasteiger partial charge in [0.25, 0.3) is 0 Å². The highest BCUT2D eigenvalue weighted by Gasteiger charge is 2.19. The van der Waals surface area contributed by atoms with E-state index in [4.69, 9.17) is 0 Å². The first-order valence-electron chi connectivity index (χ1n) is 5.32. The van der Waals surface area contributed by atoms with E-state index in [0.717, 1.165) is 16.3 Å². The van der Waals surface area contributed by atoms with Gasteiger partial charge in [-0.3, -0.25) is 0 Å². The molecule has 17 heavy (non-hydrogen) atoms. The van der Waals surface area contributed by atoms with Crippen molar-refractivity contribution in [3.63, 3.8) is 0 Å². The zero-order valence-corrected chi connectivity index (χ0v) is 12.5. The van der Waals surface area contributed by atoms with Crippen LogP contribution in [0.2, 0.25) is 0 Å². The quantitative estimate of drug-likeness (QED) is 0.626. The molecule has 0 bridgehead atoms. The first-order chi connectivity index (χ1) is 7.84. The second-order valence-corrected chi connectivity index (χ2v) is 7.36. The Kier molecular flexibility index (Phi) is 4.89. The third kappa shape index (κ3) is 4.24. The first-order valence-corrected chi connectivity index (χ1v) is 7.65. The van der Waals surface area contributed by atoms with Crippen LogP contribution in [0.5, 0.6) is 0 Å². The van der Waals surface area contributed by atoms with Crippen LogP contribution in [-0.4, -0.2) is 25.9 Å². The highest BCUT2D eigenvalue weighted by molar-refractivity contribution is 7.98. The molecule has 3 nitrogen and oxygen atoms in total. The Hall–Kier alpha value is -0.680. The summed E-state index contributed by atoms with van der Waals surface area (Å²) in [7, 11) is -1.22. The molecule has 1 rings (SSSR count). The molecule has 0 aromatic carbocycles. The molecule has 94 valence electrons. The molecule has 1 aromatic rings. The highest BCUT2D eigenvalue weighted by atomic mass is 32.2. The molecule has 0 radical (unpaired) electrons. The summed E-state index contributed by atoms with van der Waals surface area (Å²) >= 11 is 1.60. The van der Waals surface area contributed by atoms with E-state index in [9.17, 15) is 4.21 Å². The summed E-state index contributed by atoms with van der Waals surface area (Å²) in [6, 6.07) is 3.90. The molecule has 1 aromatic heterocycles. The van der Waals surface area contributed by atoms with Gasteiger partial charge in [-0.1, -0.05) is 0 Å². The van der Waals surface area contributed by atoms with Crippen LogP contribution in [0, 0.1) is 0 Å². The predicted molar refractivity (Wildman–Crippen MR) is 76.1 cm³/mol. The third-order valence-corrected chi connectivity index (χ3v) is 4.25. The molecular weight excluding hydrogens is 252 g/mol. The van der Waals surface area contributed by atoms with Gasteiger partial charge >= 0.3 is 0 Å². The molecule has 0 amide bonds. The van der Waals surface area contributed by atoms with Crippen molar-refractivity contribution in [2.24, 2.45) is 4.40 Å². The van der Waals surface area contributed by atoms with E-state index < -0.39 is 11.0 Å². The molecular formula is C12H18N2OS2. The van der Waals surface area contributed by atoms with Crippen molar-refractivity contribution in [2.75, 3.05) is 6.26 Å². The predicted octanol–water partition coefficient (Wildman–Crippen LogP) is 3.07. The minimum atomic E-state index is -1.22. The van der Waals surface area contributed by atoms with Crippen molar-refractivity contribution in [1.29, 1.82) is 0 Å². The number of thioether (sulfide) groups is 1. The summed E-state index contributed by atoms with van der Waals surface area (Å²) in [5, 5.41) is 0.971. The van der Waals surface area contributed by atoms with Crippen LogP contribution >= 0.6 is 11.8 Å². The highest BCUT2D eigenvalue weighted by Crippen LogP contribution is 2.15. The molecule has 0 saturated heterocycles. The van der Waals surface area contributed by atoms with Gasteiger partial charge in [0.15, 0.2) is 0 Å². The molecule has 0 saturated carbocycles. The van der Waals surface area contributed by atoms with Crippen LogP contribution in [0.1, 0.15) is 33.3 Å². The number of hydrogen-bond acceptors (Lipinski definition) is 3. The molecule has 1 unspecified atom stereocenters. The van der Waals surface area contributed by atoms with Gasteiger partial charge in [-0.2, -0.15) is 4.40 Å². The van der Waals surface area contributed by atoms with Crippen LogP contribution in [0.15, 0.2) is 27.8 Å². The maximum absolute atomic E-state index is 11.9. The van der Waals surface area contributed by atoms with Crippen molar-refractivity contribution in [1.82, 2.24) is 4.98 Å². The lowest BCUT2D eigenvalue weighted by Crippen LogP contribution is -2.20. The summed E-state index contributed by atoms with van der Waals surface area (Å²) in [5.74, 6) is 0. The second kappa shape index (κ2) is 5.78. The zero-order chi connectivity index (χ0) is 13.1. The van der Waals surface area contributed by atoms with Crippen LogP contribution in [-0.2, 0) is 11.0 Å². The molecule has 0 aliphatic heterocycles. The van der Waals surface area contributed by atoms with E-state index in [1.807, 2.05) is 46.1 Å². The van der Waals surface area contributed by atoms with E-state index in [2.05, 4.69) is 9.38 Å². The fraction of sp³-hybridized carbons (Fsp3) is 0.500. The Bertz CT molecular complexity index is 433. The van der Waals surface area contributed by atoms with E-state index in [0.29, 0.717) is 0 Å². The zero-order valence-electron chi connectivity index (χ0n) is 10.9. The normalized spacial score (nSPS) is 14.8. The van der Waals surface area contributed by atoms with Crippen molar-refractivity contribution in [3.8, 4) is 0 Å². The van der Waals surface area contributed by atoms with Gasteiger partial charge in [-0.05, 0) is 46.1 Å². The maximum Gasteiger partial charge on any atom is 0.145 e. The number of aromatic nitrogens is 1. The Balaban J connectivity index is 2.92. The number of hydrogen-bond donors (Lipinski definition) is 0. The topological polar surface area (TPSA) is 42.3 Å². The molecule has 5 heteroatoms. The number of nitrogens with zero attached hydrogens (tertiary/aromatic N) is 2. The monoisotopic (exact) mass is 270 g/mol. The smallest absolute Gasteiger partial charge is 0.145 e. The molecule has 1 atom stereocenters. The van der Waals surface area contributed by atoms with Crippen molar-refractivity contribution < 1.29 is 4.21 Å². The minimum absolute atomic E-state index is 0.325. The van der Waals surface area contributed by atoms with E-state index >= 15 is 0 Å². The summed E-state index contributed by atoms with van der Waals surface area (Å²) in [6.45, 7) is 7.60. The van der Waals surface area contributed by atoms with Crippen LogP contribution in [0.4, 0.5) is 0 Å². The van der Waals surface area contributed by atoms with Gasteiger partial charge in [0.2, 0.25) is 0 Å². The van der Waals surface area contributed by atoms with E-state index in [1.54, 1.807) is 18.0 Å². The van der Waals surface area contributed by atoms with Crippen molar-refractivity contribution >= 4 is 28.5 Å². The SMILES string of the molecule is CSc1ccc(/C(C)=N/S(=O)C(C)(C)C)cn1. The van der Waals surface area contributed by atoms with Crippen LogP contribution < -0.4 is 0 Å². The largest absolute Gasteiger partial charge is 0.249 e. The van der Waals surface area contributed by atoms with E-state index in [-0.39, 0.29) is 4.75 Å². The van der Waals surface area contributed by atoms with Crippen molar-refractivity contribution in [3.05, 3.63) is 23.9 Å². The first kappa shape index (κ1) is 14.4. The maximum atomic E-state index is 11.9. The fourth-order valence-electron chi connectivity index (χ4n) is 1.03. The lowest BCUT2D eigenvalue weighted by atomic mass is 10.2. The molecule has 0 spiro atoms. The lowest BCUT2D eigenvalue weighted by Gasteiger charge is -2.14. The van der Waals surface area contributed by atoms with Gasteiger partial charge in [-0.15, -0.1) is 11.8 Å². The molecule has 1 heterocycles.